The molecule has 0 aromatic rings. The van der Waals surface area contributed by atoms with E-state index in [-0.39, 0.29) is 5.91 Å². The van der Waals surface area contributed by atoms with Gasteiger partial charge >= 0.3 is 0 Å². The van der Waals surface area contributed by atoms with Crippen LogP contribution in [0, 0.1) is 11.8 Å². The quantitative estimate of drug-likeness (QED) is 0.440. The van der Waals surface area contributed by atoms with Crippen LogP contribution in [0.5, 0.6) is 0 Å². The summed E-state index contributed by atoms with van der Waals surface area (Å²) in [6.45, 7) is 5.38. The number of nitrogens with zero attached hydrogens (tertiary/aromatic N) is 1. The molecule has 0 N–H and O–H groups in total. The van der Waals surface area contributed by atoms with Crippen molar-refractivity contribution < 1.29 is 4.79 Å². The van der Waals surface area contributed by atoms with Crippen LogP contribution >= 0.6 is 0 Å². The highest BCUT2D eigenvalue weighted by atomic mass is 16.2. The molecule has 1 amide bonds. The molecule has 1 aliphatic carbocycles. The second-order valence-corrected chi connectivity index (χ2v) is 3.91. The van der Waals surface area contributed by atoms with Crippen LogP contribution < -0.4 is 0 Å². The van der Waals surface area contributed by atoms with Crippen molar-refractivity contribution in [2.24, 2.45) is 11.8 Å². The van der Waals surface area contributed by atoms with Crippen LogP contribution in [0.1, 0.15) is 12.8 Å². The maximum Gasteiger partial charge on any atom is 0.245 e. The lowest BCUT2D eigenvalue weighted by atomic mass is 9.86. The molecule has 0 radical (unpaired) electrons. The Morgan fingerprint density at radius 3 is 2.31 bits per heavy atom. The van der Waals surface area contributed by atoms with Gasteiger partial charge in [-0.3, -0.25) is 4.79 Å². The number of amides is 1. The SMILES string of the molecule is C=CC(=O)N1C[C@H]2CC=CC[C@H]2C1. The van der Waals surface area contributed by atoms with Gasteiger partial charge in [0.05, 0.1) is 0 Å². The van der Waals surface area contributed by atoms with Gasteiger partial charge in [0.2, 0.25) is 5.91 Å². The van der Waals surface area contributed by atoms with Gasteiger partial charge in [0.15, 0.2) is 0 Å². The highest BCUT2D eigenvalue weighted by molar-refractivity contribution is 5.87. The zero-order valence-corrected chi connectivity index (χ0v) is 7.78. The standard InChI is InChI=1S/C11H15NO/c1-2-11(13)12-7-9-5-3-4-6-10(9)8-12/h2-4,9-10H,1,5-8H2/t9-,10+. The molecule has 13 heavy (non-hydrogen) atoms. The second kappa shape index (κ2) is 3.36. The zero-order valence-electron chi connectivity index (χ0n) is 7.78. The van der Waals surface area contributed by atoms with E-state index in [0.717, 1.165) is 25.9 Å². The molecule has 70 valence electrons. The third kappa shape index (κ3) is 1.53. The summed E-state index contributed by atoms with van der Waals surface area (Å²) in [5, 5.41) is 0. The summed E-state index contributed by atoms with van der Waals surface area (Å²) in [7, 11) is 0. The lowest BCUT2D eigenvalue weighted by molar-refractivity contribution is -0.125. The van der Waals surface area contributed by atoms with Gasteiger partial charge in [-0.25, -0.2) is 0 Å². The van der Waals surface area contributed by atoms with Crippen molar-refractivity contribution in [3.8, 4) is 0 Å². The minimum atomic E-state index is 0.0920. The largest absolute Gasteiger partial charge is 0.339 e. The van der Waals surface area contributed by atoms with Crippen LogP contribution in [0.15, 0.2) is 24.8 Å². The smallest absolute Gasteiger partial charge is 0.245 e. The topological polar surface area (TPSA) is 20.3 Å². The first-order valence-electron chi connectivity index (χ1n) is 4.87. The van der Waals surface area contributed by atoms with Crippen molar-refractivity contribution >= 4 is 5.91 Å². The molecule has 2 nitrogen and oxygen atoms in total. The van der Waals surface area contributed by atoms with E-state index in [0.29, 0.717) is 11.8 Å². The highest BCUT2D eigenvalue weighted by Gasteiger charge is 2.33. The fourth-order valence-corrected chi connectivity index (χ4v) is 2.32. The third-order valence-corrected chi connectivity index (χ3v) is 3.11. The van der Waals surface area contributed by atoms with Crippen LogP contribution in [0.25, 0.3) is 0 Å². The van der Waals surface area contributed by atoms with Gasteiger partial charge in [0, 0.05) is 13.1 Å². The fraction of sp³-hybridized carbons (Fsp3) is 0.545. The average molecular weight is 177 g/mol. The molecule has 0 unspecified atom stereocenters. The molecular formula is C11H15NO. The van der Waals surface area contributed by atoms with Gasteiger partial charge in [-0.2, -0.15) is 0 Å². The van der Waals surface area contributed by atoms with Crippen molar-refractivity contribution in [1.29, 1.82) is 0 Å². The van der Waals surface area contributed by atoms with Gasteiger partial charge < -0.3 is 4.90 Å². The summed E-state index contributed by atoms with van der Waals surface area (Å²) in [5.41, 5.74) is 0. The van der Waals surface area contributed by atoms with Crippen molar-refractivity contribution in [1.82, 2.24) is 4.90 Å². The predicted molar refractivity (Wildman–Crippen MR) is 52.1 cm³/mol. The number of likely N-dealkylation sites (tertiary alicyclic amines) is 1. The minimum Gasteiger partial charge on any atom is -0.339 e. The van der Waals surface area contributed by atoms with E-state index in [4.69, 9.17) is 0 Å². The molecule has 2 aliphatic rings. The maximum absolute atomic E-state index is 11.3. The molecule has 0 spiro atoms. The van der Waals surface area contributed by atoms with E-state index in [1.54, 1.807) is 0 Å². The van der Waals surface area contributed by atoms with E-state index in [9.17, 15) is 4.79 Å². The minimum absolute atomic E-state index is 0.0920. The van der Waals surface area contributed by atoms with Gasteiger partial charge in [-0.1, -0.05) is 18.7 Å². The van der Waals surface area contributed by atoms with Crippen molar-refractivity contribution in [2.75, 3.05) is 13.1 Å². The monoisotopic (exact) mass is 177 g/mol. The molecule has 1 heterocycles. The maximum atomic E-state index is 11.3. The van der Waals surface area contributed by atoms with Gasteiger partial charge in [-0.15, -0.1) is 0 Å². The third-order valence-electron chi connectivity index (χ3n) is 3.11. The molecule has 1 fully saturated rings. The van der Waals surface area contributed by atoms with E-state index >= 15 is 0 Å². The number of rotatable bonds is 1. The molecule has 0 aromatic heterocycles. The Hall–Kier alpha value is -1.05. The Kier molecular flexibility index (Phi) is 2.21. The van der Waals surface area contributed by atoms with Crippen LogP contribution in [0.4, 0.5) is 0 Å². The van der Waals surface area contributed by atoms with E-state index < -0.39 is 0 Å². The summed E-state index contributed by atoms with van der Waals surface area (Å²) in [6.07, 6.45) is 8.19. The highest BCUT2D eigenvalue weighted by Crippen LogP contribution is 2.32. The van der Waals surface area contributed by atoms with Crippen LogP contribution in [0.2, 0.25) is 0 Å². The van der Waals surface area contributed by atoms with Crippen molar-refractivity contribution in [2.45, 2.75) is 12.8 Å². The second-order valence-electron chi connectivity index (χ2n) is 3.91. The molecule has 2 rings (SSSR count). The fourth-order valence-electron chi connectivity index (χ4n) is 2.32. The molecule has 0 saturated carbocycles. The van der Waals surface area contributed by atoms with E-state index in [1.807, 2.05) is 4.90 Å². The van der Waals surface area contributed by atoms with Gasteiger partial charge in [0.25, 0.3) is 0 Å². The Morgan fingerprint density at radius 1 is 1.31 bits per heavy atom. The van der Waals surface area contributed by atoms with E-state index in [2.05, 4.69) is 18.7 Å². The Balaban J connectivity index is 2.01. The lowest BCUT2D eigenvalue weighted by Gasteiger charge is -2.17. The molecule has 2 heteroatoms. The number of carbonyl (C=O) groups is 1. The van der Waals surface area contributed by atoms with Crippen molar-refractivity contribution in [3.05, 3.63) is 24.8 Å². The predicted octanol–water partition coefficient (Wildman–Crippen LogP) is 1.60. The molecule has 0 aromatic carbocycles. The number of carbonyl (C=O) groups excluding carboxylic acids is 1. The van der Waals surface area contributed by atoms with Gasteiger partial charge in [0.1, 0.15) is 0 Å². The Bertz CT molecular complexity index is 241. The number of allylic oxidation sites excluding steroid dienone is 2. The zero-order chi connectivity index (χ0) is 9.26. The van der Waals surface area contributed by atoms with Crippen LogP contribution in [0.3, 0.4) is 0 Å². The summed E-state index contributed by atoms with van der Waals surface area (Å²) < 4.78 is 0. The normalized spacial score (nSPS) is 31.5. The average Bonchev–Trinajstić information content (AvgIpc) is 2.59. The molecule has 2 atom stereocenters. The Morgan fingerprint density at radius 2 is 1.85 bits per heavy atom. The summed E-state index contributed by atoms with van der Waals surface area (Å²) in [5.74, 6) is 1.50. The number of hydrogen-bond acceptors (Lipinski definition) is 1. The number of fused-ring (bicyclic) bond motifs is 1. The molecular weight excluding hydrogens is 162 g/mol. The lowest BCUT2D eigenvalue weighted by Crippen LogP contribution is -2.26. The van der Waals surface area contributed by atoms with E-state index in [1.165, 1.54) is 6.08 Å². The summed E-state index contributed by atoms with van der Waals surface area (Å²) >= 11 is 0. The van der Waals surface area contributed by atoms with Crippen LogP contribution in [-0.4, -0.2) is 23.9 Å². The molecule has 1 aliphatic heterocycles. The first-order chi connectivity index (χ1) is 6.31. The first-order valence-corrected chi connectivity index (χ1v) is 4.87. The summed E-state index contributed by atoms with van der Waals surface area (Å²) in [6, 6.07) is 0. The first kappa shape index (κ1) is 8.54. The Labute approximate surface area is 78.9 Å². The van der Waals surface area contributed by atoms with Crippen LogP contribution in [-0.2, 0) is 4.79 Å². The number of hydrogen-bond donors (Lipinski definition) is 0. The molecule has 1 saturated heterocycles. The van der Waals surface area contributed by atoms with Gasteiger partial charge in [-0.05, 0) is 30.8 Å². The molecule has 0 bridgehead atoms. The van der Waals surface area contributed by atoms with Crippen molar-refractivity contribution in [3.63, 3.8) is 0 Å². The summed E-state index contributed by atoms with van der Waals surface area (Å²) in [4.78, 5) is 13.3.